The standard InChI is InChI=1S/C20H25N5O3/c1-5-27-20(26)15-7-6-8-24(11-15)19-13(3)14(4)21-18-10-16(22-25(18)19)17-9-12(2)28-23-17/h9-10,15H,5-8,11H2,1-4H3. The van der Waals surface area contributed by atoms with Crippen molar-refractivity contribution in [1.29, 1.82) is 0 Å². The van der Waals surface area contributed by atoms with Crippen molar-refractivity contribution in [3.8, 4) is 11.4 Å². The van der Waals surface area contributed by atoms with Crippen LogP contribution in [0.1, 0.15) is 36.8 Å². The smallest absolute Gasteiger partial charge is 0.310 e. The number of hydrogen-bond donors (Lipinski definition) is 0. The van der Waals surface area contributed by atoms with Crippen molar-refractivity contribution in [3.05, 3.63) is 29.2 Å². The van der Waals surface area contributed by atoms with Crippen LogP contribution >= 0.6 is 0 Å². The van der Waals surface area contributed by atoms with Crippen LogP contribution in [0.5, 0.6) is 0 Å². The van der Waals surface area contributed by atoms with Gasteiger partial charge in [-0.05, 0) is 40.5 Å². The first-order chi connectivity index (χ1) is 13.5. The predicted molar refractivity (Wildman–Crippen MR) is 104 cm³/mol. The second kappa shape index (κ2) is 7.26. The minimum atomic E-state index is -0.121. The van der Waals surface area contributed by atoms with Gasteiger partial charge in [0, 0.05) is 36.5 Å². The Bertz CT molecular complexity index is 1020. The zero-order valence-electron chi connectivity index (χ0n) is 16.7. The number of fused-ring (bicyclic) bond motifs is 1. The fourth-order valence-electron chi connectivity index (χ4n) is 3.79. The third-order valence-corrected chi connectivity index (χ3v) is 5.28. The number of ether oxygens (including phenoxy) is 1. The minimum absolute atomic E-state index is 0.119. The number of piperidine rings is 1. The van der Waals surface area contributed by atoms with Gasteiger partial charge in [0.05, 0.1) is 12.5 Å². The van der Waals surface area contributed by atoms with Gasteiger partial charge in [0.2, 0.25) is 0 Å². The first-order valence-electron chi connectivity index (χ1n) is 9.70. The minimum Gasteiger partial charge on any atom is -0.466 e. The second-order valence-electron chi connectivity index (χ2n) is 7.31. The summed E-state index contributed by atoms with van der Waals surface area (Å²) in [4.78, 5) is 19.2. The topological polar surface area (TPSA) is 85.8 Å². The summed E-state index contributed by atoms with van der Waals surface area (Å²) in [5.41, 5.74) is 4.17. The molecule has 0 aliphatic carbocycles. The summed E-state index contributed by atoms with van der Waals surface area (Å²) in [7, 11) is 0. The molecule has 1 unspecified atom stereocenters. The third kappa shape index (κ3) is 3.23. The highest BCUT2D eigenvalue weighted by Gasteiger charge is 2.29. The Morgan fingerprint density at radius 2 is 2.11 bits per heavy atom. The van der Waals surface area contributed by atoms with E-state index < -0.39 is 0 Å². The van der Waals surface area contributed by atoms with Crippen molar-refractivity contribution < 1.29 is 14.1 Å². The Balaban J connectivity index is 1.76. The van der Waals surface area contributed by atoms with Crippen LogP contribution in [0.15, 0.2) is 16.7 Å². The lowest BCUT2D eigenvalue weighted by Crippen LogP contribution is -2.41. The van der Waals surface area contributed by atoms with Gasteiger partial charge in [-0.2, -0.15) is 9.61 Å². The molecular weight excluding hydrogens is 358 g/mol. The number of hydrogen-bond acceptors (Lipinski definition) is 7. The second-order valence-corrected chi connectivity index (χ2v) is 7.31. The summed E-state index contributed by atoms with van der Waals surface area (Å²) in [6.45, 7) is 9.64. The van der Waals surface area contributed by atoms with Crippen LogP contribution in [-0.4, -0.2) is 45.4 Å². The Labute approximate surface area is 163 Å². The van der Waals surface area contributed by atoms with E-state index in [1.54, 1.807) is 0 Å². The molecule has 3 aromatic rings. The maximum atomic E-state index is 12.3. The number of aryl methyl sites for hydroxylation is 2. The van der Waals surface area contributed by atoms with Crippen molar-refractivity contribution in [2.75, 3.05) is 24.6 Å². The first-order valence-corrected chi connectivity index (χ1v) is 9.70. The van der Waals surface area contributed by atoms with E-state index in [0.717, 1.165) is 53.6 Å². The molecule has 0 bridgehead atoms. The first kappa shape index (κ1) is 18.5. The number of rotatable bonds is 4. The maximum Gasteiger partial charge on any atom is 0.310 e. The van der Waals surface area contributed by atoms with E-state index in [9.17, 15) is 4.79 Å². The maximum absolute atomic E-state index is 12.3. The zero-order valence-corrected chi connectivity index (χ0v) is 16.7. The lowest BCUT2D eigenvalue weighted by molar-refractivity contribution is -0.148. The molecule has 1 fully saturated rings. The van der Waals surface area contributed by atoms with Crippen molar-refractivity contribution in [2.24, 2.45) is 5.92 Å². The van der Waals surface area contributed by atoms with Crippen LogP contribution < -0.4 is 4.90 Å². The molecule has 8 heteroatoms. The Morgan fingerprint density at radius 3 is 2.82 bits per heavy atom. The molecule has 1 aliphatic heterocycles. The quantitative estimate of drug-likeness (QED) is 0.640. The van der Waals surface area contributed by atoms with Gasteiger partial charge in [-0.15, -0.1) is 0 Å². The molecule has 148 valence electrons. The number of esters is 1. The number of carbonyl (C=O) groups excluding carboxylic acids is 1. The SMILES string of the molecule is CCOC(=O)C1CCCN(c2c(C)c(C)nc3cc(-c4cc(C)on4)nn23)C1. The molecule has 1 saturated heterocycles. The molecule has 4 heterocycles. The van der Waals surface area contributed by atoms with Gasteiger partial charge in [0.15, 0.2) is 5.65 Å². The van der Waals surface area contributed by atoms with Crippen LogP contribution in [0.3, 0.4) is 0 Å². The van der Waals surface area contributed by atoms with Gasteiger partial charge in [-0.25, -0.2) is 4.98 Å². The summed E-state index contributed by atoms with van der Waals surface area (Å²) >= 11 is 0. The van der Waals surface area contributed by atoms with Crippen molar-refractivity contribution in [3.63, 3.8) is 0 Å². The average Bonchev–Trinajstić information content (AvgIpc) is 3.29. The molecule has 0 saturated carbocycles. The highest BCUT2D eigenvalue weighted by molar-refractivity contribution is 5.74. The summed E-state index contributed by atoms with van der Waals surface area (Å²) in [6, 6.07) is 3.78. The fourth-order valence-corrected chi connectivity index (χ4v) is 3.79. The van der Waals surface area contributed by atoms with E-state index in [4.69, 9.17) is 19.3 Å². The van der Waals surface area contributed by atoms with Crippen molar-refractivity contribution in [2.45, 2.75) is 40.5 Å². The molecule has 3 aromatic heterocycles. The third-order valence-electron chi connectivity index (χ3n) is 5.28. The van der Waals surface area contributed by atoms with Gasteiger partial charge >= 0.3 is 5.97 Å². The highest BCUT2D eigenvalue weighted by atomic mass is 16.5. The molecular formula is C20H25N5O3. The fraction of sp³-hybridized carbons (Fsp3) is 0.500. The molecule has 8 nitrogen and oxygen atoms in total. The molecule has 28 heavy (non-hydrogen) atoms. The van der Waals surface area contributed by atoms with Gasteiger partial charge in [0.25, 0.3) is 0 Å². The van der Waals surface area contributed by atoms with Crippen molar-refractivity contribution >= 4 is 17.4 Å². The van der Waals surface area contributed by atoms with E-state index in [0.29, 0.717) is 18.8 Å². The summed E-state index contributed by atoms with van der Waals surface area (Å²) < 4.78 is 12.3. The lowest BCUT2D eigenvalue weighted by atomic mass is 9.98. The van der Waals surface area contributed by atoms with Crippen LogP contribution in [-0.2, 0) is 9.53 Å². The molecule has 0 radical (unpaired) electrons. The van der Waals surface area contributed by atoms with Gasteiger partial charge in [-0.3, -0.25) is 4.79 Å². The van der Waals surface area contributed by atoms with E-state index in [1.165, 1.54) is 0 Å². The molecule has 0 aromatic carbocycles. The number of anilines is 1. The largest absolute Gasteiger partial charge is 0.466 e. The Morgan fingerprint density at radius 1 is 1.29 bits per heavy atom. The molecule has 1 atom stereocenters. The number of aromatic nitrogens is 4. The molecule has 0 N–H and O–H groups in total. The zero-order chi connectivity index (χ0) is 19.8. The number of carbonyl (C=O) groups is 1. The van der Waals surface area contributed by atoms with Crippen LogP contribution in [0, 0.1) is 26.7 Å². The van der Waals surface area contributed by atoms with Crippen LogP contribution in [0.2, 0.25) is 0 Å². The predicted octanol–water partition coefficient (Wildman–Crippen LogP) is 3.09. The van der Waals surface area contributed by atoms with Gasteiger partial charge < -0.3 is 14.2 Å². The van der Waals surface area contributed by atoms with Gasteiger partial charge in [-0.1, -0.05) is 5.16 Å². The molecule has 4 rings (SSSR count). The Kier molecular flexibility index (Phi) is 4.78. The van der Waals surface area contributed by atoms with E-state index in [1.807, 2.05) is 44.3 Å². The monoisotopic (exact) mass is 383 g/mol. The Hall–Kier alpha value is -2.90. The number of nitrogens with zero attached hydrogens (tertiary/aromatic N) is 5. The summed E-state index contributed by atoms with van der Waals surface area (Å²) in [5.74, 6) is 1.47. The average molecular weight is 383 g/mol. The lowest BCUT2D eigenvalue weighted by Gasteiger charge is -2.34. The van der Waals surface area contributed by atoms with Crippen LogP contribution in [0.25, 0.3) is 17.0 Å². The molecule has 0 spiro atoms. The normalized spacial score (nSPS) is 17.3. The van der Waals surface area contributed by atoms with Crippen LogP contribution in [0.4, 0.5) is 5.82 Å². The highest BCUT2D eigenvalue weighted by Crippen LogP contribution is 2.30. The molecule has 1 aliphatic rings. The van der Waals surface area contributed by atoms with E-state index in [-0.39, 0.29) is 11.9 Å². The van der Waals surface area contributed by atoms with E-state index in [2.05, 4.69) is 10.1 Å². The van der Waals surface area contributed by atoms with E-state index >= 15 is 0 Å². The van der Waals surface area contributed by atoms with Gasteiger partial charge in [0.1, 0.15) is 23.0 Å². The van der Waals surface area contributed by atoms with Crippen molar-refractivity contribution in [1.82, 2.24) is 19.8 Å². The summed E-state index contributed by atoms with van der Waals surface area (Å²) in [5, 5.41) is 8.82. The summed E-state index contributed by atoms with van der Waals surface area (Å²) in [6.07, 6.45) is 1.78. The molecule has 0 amide bonds.